The van der Waals surface area contributed by atoms with Gasteiger partial charge in [0.1, 0.15) is 17.6 Å². The van der Waals surface area contributed by atoms with E-state index in [0.29, 0.717) is 5.92 Å². The first-order valence-electron chi connectivity index (χ1n) is 9.36. The molecule has 0 amide bonds. The topological polar surface area (TPSA) is 16.8 Å². The van der Waals surface area contributed by atoms with E-state index in [-0.39, 0.29) is 0 Å². The van der Waals surface area contributed by atoms with Crippen molar-refractivity contribution in [2.45, 2.75) is 19.8 Å². The second-order valence-electron chi connectivity index (χ2n) is 6.96. The van der Waals surface area contributed by atoms with Crippen molar-refractivity contribution in [2.75, 3.05) is 0 Å². The Labute approximate surface area is 160 Å². The van der Waals surface area contributed by atoms with Crippen LogP contribution in [0.5, 0.6) is 0 Å². The Hall–Kier alpha value is -3.26. The van der Waals surface area contributed by atoms with Gasteiger partial charge in [-0.25, -0.2) is 0 Å². The standard InChI is InChI=1S/C25H23N2/c1-19(2)23-17-22(20-11-5-3-6-12-20)18-24(21-13-7-4-8-14-21)27(23)25-15-9-10-16-26-25/h3-19H,1-2H3/q+1. The molecule has 0 N–H and O–H groups in total. The van der Waals surface area contributed by atoms with Gasteiger partial charge >= 0.3 is 5.82 Å². The molecule has 0 saturated heterocycles. The number of nitrogens with zero attached hydrogens (tertiary/aromatic N) is 2. The quantitative estimate of drug-likeness (QED) is 0.424. The Morgan fingerprint density at radius 2 is 1.30 bits per heavy atom. The van der Waals surface area contributed by atoms with Crippen LogP contribution in [0.25, 0.3) is 28.2 Å². The highest BCUT2D eigenvalue weighted by atomic mass is 15.1. The van der Waals surface area contributed by atoms with E-state index < -0.39 is 0 Å². The number of aromatic nitrogens is 2. The molecule has 4 aromatic rings. The van der Waals surface area contributed by atoms with Gasteiger partial charge in [0.25, 0.3) is 0 Å². The molecule has 132 valence electrons. The number of benzene rings is 2. The van der Waals surface area contributed by atoms with Gasteiger partial charge in [-0.05, 0) is 34.3 Å². The van der Waals surface area contributed by atoms with Crippen molar-refractivity contribution >= 4 is 0 Å². The highest BCUT2D eigenvalue weighted by molar-refractivity contribution is 5.69. The Morgan fingerprint density at radius 1 is 0.667 bits per heavy atom. The summed E-state index contributed by atoms with van der Waals surface area (Å²) in [5.74, 6) is 1.30. The maximum atomic E-state index is 4.64. The van der Waals surface area contributed by atoms with Crippen molar-refractivity contribution in [3.05, 3.63) is 103 Å². The van der Waals surface area contributed by atoms with Crippen molar-refractivity contribution in [3.8, 4) is 28.2 Å². The van der Waals surface area contributed by atoms with Crippen LogP contribution < -0.4 is 4.57 Å². The summed E-state index contributed by atoms with van der Waals surface area (Å²) >= 11 is 0. The predicted octanol–water partition coefficient (Wildman–Crippen LogP) is 5.82. The summed E-state index contributed by atoms with van der Waals surface area (Å²) in [6.07, 6.45) is 1.85. The molecule has 2 heterocycles. The fourth-order valence-electron chi connectivity index (χ4n) is 3.40. The summed E-state index contributed by atoms with van der Waals surface area (Å²) in [6, 6.07) is 31.7. The van der Waals surface area contributed by atoms with E-state index >= 15 is 0 Å². The van der Waals surface area contributed by atoms with E-state index in [1.807, 2.05) is 18.3 Å². The predicted molar refractivity (Wildman–Crippen MR) is 111 cm³/mol. The van der Waals surface area contributed by atoms with Gasteiger partial charge in [-0.15, -0.1) is 0 Å². The van der Waals surface area contributed by atoms with Crippen molar-refractivity contribution in [3.63, 3.8) is 0 Å². The van der Waals surface area contributed by atoms with E-state index in [4.69, 9.17) is 0 Å². The van der Waals surface area contributed by atoms with E-state index in [0.717, 1.165) is 11.5 Å². The van der Waals surface area contributed by atoms with Crippen LogP contribution in [0.1, 0.15) is 25.5 Å². The summed E-state index contributed by atoms with van der Waals surface area (Å²) in [4.78, 5) is 4.64. The van der Waals surface area contributed by atoms with Crippen molar-refractivity contribution in [2.24, 2.45) is 0 Å². The minimum Gasteiger partial charge on any atom is -0.193 e. The van der Waals surface area contributed by atoms with Gasteiger partial charge in [0, 0.05) is 17.5 Å². The van der Waals surface area contributed by atoms with Gasteiger partial charge in [-0.2, -0.15) is 4.57 Å². The monoisotopic (exact) mass is 351 g/mol. The summed E-state index contributed by atoms with van der Waals surface area (Å²) in [6.45, 7) is 4.47. The molecule has 2 aromatic heterocycles. The summed E-state index contributed by atoms with van der Waals surface area (Å²) < 4.78 is 2.28. The molecule has 0 radical (unpaired) electrons. The number of pyridine rings is 2. The summed E-state index contributed by atoms with van der Waals surface area (Å²) in [7, 11) is 0. The third kappa shape index (κ3) is 3.52. The number of rotatable bonds is 4. The molecule has 2 aromatic carbocycles. The largest absolute Gasteiger partial charge is 0.328 e. The van der Waals surface area contributed by atoms with Crippen LogP contribution >= 0.6 is 0 Å². The Kier molecular flexibility index (Phi) is 4.80. The molecule has 0 aliphatic rings. The van der Waals surface area contributed by atoms with E-state index in [2.05, 4.69) is 102 Å². The fourth-order valence-corrected chi connectivity index (χ4v) is 3.40. The molecular weight excluding hydrogens is 328 g/mol. The lowest BCUT2D eigenvalue weighted by Gasteiger charge is -2.16. The third-order valence-corrected chi connectivity index (χ3v) is 4.74. The molecule has 2 heteroatoms. The fraction of sp³-hybridized carbons (Fsp3) is 0.120. The van der Waals surface area contributed by atoms with Gasteiger partial charge in [-0.1, -0.05) is 80.6 Å². The van der Waals surface area contributed by atoms with Crippen LogP contribution in [0.4, 0.5) is 0 Å². The van der Waals surface area contributed by atoms with Crippen LogP contribution in [-0.2, 0) is 0 Å². The van der Waals surface area contributed by atoms with Crippen LogP contribution in [0.3, 0.4) is 0 Å². The van der Waals surface area contributed by atoms with Gasteiger partial charge in [-0.3, -0.25) is 0 Å². The molecule has 2 nitrogen and oxygen atoms in total. The first-order chi connectivity index (χ1) is 13.2. The van der Waals surface area contributed by atoms with E-state index in [9.17, 15) is 0 Å². The molecule has 27 heavy (non-hydrogen) atoms. The molecule has 0 aliphatic carbocycles. The second-order valence-corrected chi connectivity index (χ2v) is 6.96. The SMILES string of the molecule is CC(C)c1cc(-c2ccccc2)cc(-c2ccccc2)[n+]1-c1ccccn1. The highest BCUT2D eigenvalue weighted by Crippen LogP contribution is 2.28. The summed E-state index contributed by atoms with van der Waals surface area (Å²) in [5, 5.41) is 0. The minimum atomic E-state index is 0.359. The van der Waals surface area contributed by atoms with Gasteiger partial charge in [0.05, 0.1) is 0 Å². The number of hydrogen-bond donors (Lipinski definition) is 0. The average molecular weight is 351 g/mol. The van der Waals surface area contributed by atoms with Crippen molar-refractivity contribution in [1.82, 2.24) is 4.98 Å². The number of hydrogen-bond acceptors (Lipinski definition) is 1. The van der Waals surface area contributed by atoms with E-state index in [1.165, 1.54) is 22.4 Å². The van der Waals surface area contributed by atoms with Crippen LogP contribution in [0.2, 0.25) is 0 Å². The Balaban J connectivity index is 2.05. The zero-order valence-corrected chi connectivity index (χ0v) is 15.7. The summed E-state index contributed by atoms with van der Waals surface area (Å²) in [5.41, 5.74) is 6.03. The normalized spacial score (nSPS) is 10.9. The highest BCUT2D eigenvalue weighted by Gasteiger charge is 2.22. The molecule has 0 unspecified atom stereocenters. The molecule has 4 rings (SSSR count). The van der Waals surface area contributed by atoms with E-state index in [1.54, 1.807) is 0 Å². The molecular formula is C25H23N2+. The lowest BCUT2D eigenvalue weighted by Crippen LogP contribution is -2.40. The second kappa shape index (κ2) is 7.55. The maximum Gasteiger partial charge on any atom is 0.328 e. The maximum absolute atomic E-state index is 4.64. The molecule has 0 saturated carbocycles. The van der Waals surface area contributed by atoms with Crippen LogP contribution in [0.15, 0.2) is 97.2 Å². The van der Waals surface area contributed by atoms with Gasteiger partial charge in [0.2, 0.25) is 0 Å². The van der Waals surface area contributed by atoms with Gasteiger partial charge < -0.3 is 0 Å². The zero-order valence-electron chi connectivity index (χ0n) is 15.7. The molecule has 0 atom stereocenters. The first-order valence-corrected chi connectivity index (χ1v) is 9.36. The first kappa shape index (κ1) is 17.2. The lowest BCUT2D eigenvalue weighted by atomic mass is 9.98. The Bertz CT molecular complexity index is 1020. The van der Waals surface area contributed by atoms with Gasteiger partial charge in [0.15, 0.2) is 0 Å². The molecule has 0 spiro atoms. The minimum absolute atomic E-state index is 0.359. The van der Waals surface area contributed by atoms with Crippen LogP contribution in [-0.4, -0.2) is 4.98 Å². The molecule has 0 bridgehead atoms. The zero-order chi connectivity index (χ0) is 18.6. The third-order valence-electron chi connectivity index (χ3n) is 4.74. The average Bonchev–Trinajstić information content (AvgIpc) is 2.74. The van der Waals surface area contributed by atoms with Crippen LogP contribution in [0, 0.1) is 0 Å². The lowest BCUT2D eigenvalue weighted by molar-refractivity contribution is -0.597. The Morgan fingerprint density at radius 3 is 1.89 bits per heavy atom. The molecule has 0 fully saturated rings. The van der Waals surface area contributed by atoms with Crippen molar-refractivity contribution in [1.29, 1.82) is 0 Å². The van der Waals surface area contributed by atoms with Crippen molar-refractivity contribution < 1.29 is 4.57 Å². The smallest absolute Gasteiger partial charge is 0.193 e. The molecule has 0 aliphatic heterocycles.